The Hall–Kier alpha value is -0.610. The number of piperidine rings is 1. The molecule has 0 bridgehead atoms. The fraction of sp³-hybridized carbons (Fsp3) is 0.917. The molecule has 1 aliphatic heterocycles. The SMILES string of the molecule is CCCNCCN1CCC(C(=O)OC)CC1. The van der Waals surface area contributed by atoms with Gasteiger partial charge < -0.3 is 15.0 Å². The second-order valence-electron chi connectivity index (χ2n) is 4.39. The van der Waals surface area contributed by atoms with Gasteiger partial charge in [0.15, 0.2) is 0 Å². The molecule has 0 spiro atoms. The number of ether oxygens (including phenoxy) is 1. The zero-order valence-corrected chi connectivity index (χ0v) is 10.5. The number of hydrogen-bond donors (Lipinski definition) is 1. The Bertz CT molecular complexity index is 201. The molecule has 1 saturated heterocycles. The fourth-order valence-corrected chi connectivity index (χ4v) is 2.10. The van der Waals surface area contributed by atoms with E-state index >= 15 is 0 Å². The predicted molar refractivity (Wildman–Crippen MR) is 64.3 cm³/mol. The van der Waals surface area contributed by atoms with Gasteiger partial charge in [-0.15, -0.1) is 0 Å². The quantitative estimate of drug-likeness (QED) is 0.541. The molecule has 1 fully saturated rings. The molecule has 4 heteroatoms. The maximum atomic E-state index is 11.3. The van der Waals surface area contributed by atoms with E-state index in [1.54, 1.807) is 0 Å². The van der Waals surface area contributed by atoms with E-state index in [0.717, 1.165) is 45.6 Å². The molecule has 1 N–H and O–H groups in total. The lowest BCUT2D eigenvalue weighted by molar-refractivity contribution is -0.147. The largest absolute Gasteiger partial charge is 0.469 e. The van der Waals surface area contributed by atoms with Crippen molar-refractivity contribution < 1.29 is 9.53 Å². The van der Waals surface area contributed by atoms with Crippen LogP contribution in [0.15, 0.2) is 0 Å². The number of methoxy groups -OCH3 is 1. The Labute approximate surface area is 98.3 Å². The highest BCUT2D eigenvalue weighted by Crippen LogP contribution is 2.17. The first kappa shape index (κ1) is 13.5. The summed E-state index contributed by atoms with van der Waals surface area (Å²) in [6.07, 6.45) is 3.07. The first-order chi connectivity index (χ1) is 7.77. The first-order valence-corrected chi connectivity index (χ1v) is 6.28. The zero-order valence-electron chi connectivity index (χ0n) is 10.5. The molecule has 0 atom stereocenters. The third-order valence-electron chi connectivity index (χ3n) is 3.15. The van der Waals surface area contributed by atoms with Gasteiger partial charge in [0.1, 0.15) is 0 Å². The van der Waals surface area contributed by atoms with Crippen LogP contribution >= 0.6 is 0 Å². The number of esters is 1. The van der Waals surface area contributed by atoms with Crippen LogP contribution in [0.25, 0.3) is 0 Å². The highest BCUT2D eigenvalue weighted by atomic mass is 16.5. The van der Waals surface area contributed by atoms with Crippen LogP contribution < -0.4 is 5.32 Å². The van der Waals surface area contributed by atoms with Crippen LogP contribution in [0.3, 0.4) is 0 Å². The number of hydrogen-bond acceptors (Lipinski definition) is 4. The van der Waals surface area contributed by atoms with Crippen LogP contribution in [-0.4, -0.2) is 50.7 Å². The van der Waals surface area contributed by atoms with Gasteiger partial charge in [-0.1, -0.05) is 6.92 Å². The number of carbonyl (C=O) groups is 1. The topological polar surface area (TPSA) is 41.6 Å². The number of carbonyl (C=O) groups excluding carboxylic acids is 1. The summed E-state index contributed by atoms with van der Waals surface area (Å²) in [7, 11) is 1.48. The van der Waals surface area contributed by atoms with Crippen LogP contribution in [0, 0.1) is 5.92 Å². The van der Waals surface area contributed by atoms with Gasteiger partial charge in [0.25, 0.3) is 0 Å². The number of likely N-dealkylation sites (tertiary alicyclic amines) is 1. The van der Waals surface area contributed by atoms with Gasteiger partial charge in [0, 0.05) is 13.1 Å². The highest BCUT2D eigenvalue weighted by Gasteiger charge is 2.24. The summed E-state index contributed by atoms with van der Waals surface area (Å²) < 4.78 is 4.77. The molecule has 0 aliphatic carbocycles. The molecular weight excluding hydrogens is 204 g/mol. The molecule has 0 aromatic carbocycles. The summed E-state index contributed by atoms with van der Waals surface area (Å²) in [5, 5.41) is 3.39. The van der Waals surface area contributed by atoms with Crippen molar-refractivity contribution in [1.29, 1.82) is 0 Å². The Morgan fingerprint density at radius 1 is 1.38 bits per heavy atom. The first-order valence-electron chi connectivity index (χ1n) is 6.28. The summed E-state index contributed by atoms with van der Waals surface area (Å²) >= 11 is 0. The molecule has 94 valence electrons. The molecule has 16 heavy (non-hydrogen) atoms. The smallest absolute Gasteiger partial charge is 0.308 e. The lowest BCUT2D eigenvalue weighted by Crippen LogP contribution is -2.40. The van der Waals surface area contributed by atoms with Crippen LogP contribution in [0.4, 0.5) is 0 Å². The number of nitrogens with one attached hydrogen (secondary N) is 1. The molecule has 0 aromatic rings. The molecule has 0 amide bonds. The minimum Gasteiger partial charge on any atom is -0.469 e. The van der Waals surface area contributed by atoms with E-state index in [1.165, 1.54) is 13.5 Å². The zero-order chi connectivity index (χ0) is 11.8. The monoisotopic (exact) mass is 228 g/mol. The highest BCUT2D eigenvalue weighted by molar-refractivity contribution is 5.72. The summed E-state index contributed by atoms with van der Waals surface area (Å²) in [5.41, 5.74) is 0. The van der Waals surface area contributed by atoms with Crippen molar-refractivity contribution in [3.63, 3.8) is 0 Å². The van der Waals surface area contributed by atoms with E-state index in [4.69, 9.17) is 4.74 Å². The van der Waals surface area contributed by atoms with E-state index in [9.17, 15) is 4.79 Å². The van der Waals surface area contributed by atoms with Gasteiger partial charge in [0.2, 0.25) is 0 Å². The Morgan fingerprint density at radius 2 is 2.06 bits per heavy atom. The predicted octanol–water partition coefficient (Wildman–Crippen LogP) is 0.871. The third-order valence-corrected chi connectivity index (χ3v) is 3.15. The fourth-order valence-electron chi connectivity index (χ4n) is 2.10. The second-order valence-corrected chi connectivity index (χ2v) is 4.39. The molecule has 0 unspecified atom stereocenters. The third kappa shape index (κ3) is 4.49. The van der Waals surface area contributed by atoms with Gasteiger partial charge in [-0.2, -0.15) is 0 Å². The van der Waals surface area contributed by atoms with Crippen LogP contribution in [-0.2, 0) is 9.53 Å². The van der Waals surface area contributed by atoms with Gasteiger partial charge in [-0.05, 0) is 38.9 Å². The van der Waals surface area contributed by atoms with Gasteiger partial charge in [-0.25, -0.2) is 0 Å². The van der Waals surface area contributed by atoms with Gasteiger partial charge in [-0.3, -0.25) is 4.79 Å². The van der Waals surface area contributed by atoms with Crippen molar-refractivity contribution in [3.05, 3.63) is 0 Å². The van der Waals surface area contributed by atoms with Gasteiger partial charge >= 0.3 is 5.97 Å². The Balaban J connectivity index is 2.10. The summed E-state index contributed by atoms with van der Waals surface area (Å²) in [5.74, 6) is 0.0913. The molecule has 0 saturated carbocycles. The van der Waals surface area contributed by atoms with Crippen LogP contribution in [0.1, 0.15) is 26.2 Å². The molecule has 0 radical (unpaired) electrons. The Morgan fingerprint density at radius 3 is 2.62 bits per heavy atom. The minimum absolute atomic E-state index is 0.0382. The maximum Gasteiger partial charge on any atom is 0.308 e. The Kier molecular flexibility index (Phi) is 6.42. The van der Waals surface area contributed by atoms with E-state index in [1.807, 2.05) is 0 Å². The average molecular weight is 228 g/mol. The van der Waals surface area contributed by atoms with E-state index in [0.29, 0.717) is 0 Å². The molecule has 4 nitrogen and oxygen atoms in total. The summed E-state index contributed by atoms with van der Waals surface area (Å²) in [4.78, 5) is 13.7. The number of nitrogens with zero attached hydrogens (tertiary/aromatic N) is 1. The summed E-state index contributed by atoms with van der Waals surface area (Å²) in [6, 6.07) is 0. The van der Waals surface area contributed by atoms with Crippen molar-refractivity contribution >= 4 is 5.97 Å². The summed E-state index contributed by atoms with van der Waals surface area (Å²) in [6.45, 7) is 7.46. The van der Waals surface area contributed by atoms with E-state index in [2.05, 4.69) is 17.1 Å². The van der Waals surface area contributed by atoms with E-state index in [-0.39, 0.29) is 11.9 Å². The van der Waals surface area contributed by atoms with Crippen molar-refractivity contribution in [3.8, 4) is 0 Å². The normalized spacial score (nSPS) is 18.6. The molecule has 0 aromatic heterocycles. The maximum absolute atomic E-state index is 11.3. The van der Waals surface area contributed by atoms with Crippen molar-refractivity contribution in [2.45, 2.75) is 26.2 Å². The lowest BCUT2D eigenvalue weighted by Gasteiger charge is -2.30. The van der Waals surface area contributed by atoms with Gasteiger partial charge in [0.05, 0.1) is 13.0 Å². The van der Waals surface area contributed by atoms with E-state index < -0.39 is 0 Å². The molecule has 1 aliphatic rings. The van der Waals surface area contributed by atoms with Crippen molar-refractivity contribution in [2.75, 3.05) is 39.8 Å². The molecule has 1 heterocycles. The second kappa shape index (κ2) is 7.63. The van der Waals surface area contributed by atoms with Crippen LogP contribution in [0.5, 0.6) is 0 Å². The average Bonchev–Trinajstić information content (AvgIpc) is 2.34. The number of rotatable bonds is 6. The minimum atomic E-state index is -0.0382. The molecule has 1 rings (SSSR count). The lowest BCUT2D eigenvalue weighted by atomic mass is 9.97. The molecular formula is C12H24N2O2. The van der Waals surface area contributed by atoms with Crippen molar-refractivity contribution in [2.24, 2.45) is 5.92 Å². The van der Waals surface area contributed by atoms with Crippen molar-refractivity contribution in [1.82, 2.24) is 10.2 Å². The standard InChI is InChI=1S/C12H24N2O2/c1-3-6-13-7-10-14-8-4-11(5-9-14)12(15)16-2/h11,13H,3-10H2,1-2H3. The van der Waals surface area contributed by atoms with Crippen LogP contribution in [0.2, 0.25) is 0 Å².